The molecule has 0 saturated heterocycles. The van der Waals surface area contributed by atoms with Crippen molar-refractivity contribution in [3.63, 3.8) is 0 Å². The molecule has 0 radical (unpaired) electrons. The van der Waals surface area contributed by atoms with Crippen molar-refractivity contribution in [3.8, 4) is 11.5 Å². The summed E-state index contributed by atoms with van der Waals surface area (Å²) < 4.78 is 15.9. The van der Waals surface area contributed by atoms with Gasteiger partial charge in [-0.1, -0.05) is 6.07 Å². The molecule has 0 bridgehead atoms. The Morgan fingerprint density at radius 3 is 2.11 bits per heavy atom. The molecule has 0 aliphatic carbocycles. The van der Waals surface area contributed by atoms with E-state index in [9.17, 15) is 9.59 Å². The van der Waals surface area contributed by atoms with Crippen LogP contribution in [0.4, 0.5) is 0 Å². The summed E-state index contributed by atoms with van der Waals surface area (Å²) in [6.07, 6.45) is 0. The Bertz CT molecular complexity index is 786. The minimum Gasteiger partial charge on any atom is -0.490 e. The lowest BCUT2D eigenvalue weighted by Crippen LogP contribution is -2.26. The molecule has 2 aromatic rings. The Kier molecular flexibility index (Phi) is 7.23. The zero-order valence-electron chi connectivity index (χ0n) is 16.1. The predicted octanol–water partition coefficient (Wildman–Crippen LogP) is 3.76. The standard InChI is InChI=1S/C21H25NO5/c1-5-26-18-12-11-17(13-19(18)27-6-2)14(3)22-20(23)15-7-9-16(10-8-15)21(24)25-4/h7-14H,5-6H2,1-4H3,(H,22,23)/t14-/m1/s1. The highest BCUT2D eigenvalue weighted by molar-refractivity contribution is 5.96. The van der Waals surface area contributed by atoms with E-state index in [1.807, 2.05) is 39.0 Å². The predicted molar refractivity (Wildman–Crippen MR) is 102 cm³/mol. The number of hydrogen-bond acceptors (Lipinski definition) is 5. The summed E-state index contributed by atoms with van der Waals surface area (Å²) in [5, 5.41) is 2.94. The van der Waals surface area contributed by atoms with Gasteiger partial charge in [-0.25, -0.2) is 4.79 Å². The molecule has 0 aliphatic rings. The maximum absolute atomic E-state index is 12.5. The van der Waals surface area contributed by atoms with Gasteiger partial charge in [-0.05, 0) is 62.7 Å². The van der Waals surface area contributed by atoms with Gasteiger partial charge in [0.2, 0.25) is 0 Å². The van der Waals surface area contributed by atoms with Gasteiger partial charge in [0, 0.05) is 5.56 Å². The van der Waals surface area contributed by atoms with E-state index < -0.39 is 5.97 Å². The summed E-state index contributed by atoms with van der Waals surface area (Å²) in [5.41, 5.74) is 1.77. The van der Waals surface area contributed by atoms with Crippen LogP contribution in [0, 0.1) is 0 Å². The molecule has 1 N–H and O–H groups in total. The van der Waals surface area contributed by atoms with Gasteiger partial charge < -0.3 is 19.5 Å². The zero-order valence-corrected chi connectivity index (χ0v) is 16.1. The van der Waals surface area contributed by atoms with Crippen LogP contribution in [-0.4, -0.2) is 32.2 Å². The Morgan fingerprint density at radius 2 is 1.52 bits per heavy atom. The molecule has 2 aromatic carbocycles. The first-order chi connectivity index (χ1) is 13.0. The van der Waals surface area contributed by atoms with Crippen LogP contribution in [0.2, 0.25) is 0 Å². The highest BCUT2D eigenvalue weighted by Gasteiger charge is 2.15. The molecule has 1 amide bonds. The second-order valence-corrected chi connectivity index (χ2v) is 5.84. The Labute approximate surface area is 159 Å². The van der Waals surface area contributed by atoms with E-state index in [1.54, 1.807) is 24.3 Å². The molecule has 0 saturated carbocycles. The number of carbonyl (C=O) groups excluding carboxylic acids is 2. The molecule has 27 heavy (non-hydrogen) atoms. The summed E-state index contributed by atoms with van der Waals surface area (Å²) in [6, 6.07) is 11.7. The van der Waals surface area contributed by atoms with E-state index in [1.165, 1.54) is 7.11 Å². The summed E-state index contributed by atoms with van der Waals surface area (Å²) >= 11 is 0. The Morgan fingerprint density at radius 1 is 0.926 bits per heavy atom. The average molecular weight is 371 g/mol. The van der Waals surface area contributed by atoms with Crippen LogP contribution in [-0.2, 0) is 4.74 Å². The number of amides is 1. The number of ether oxygens (including phenoxy) is 3. The first-order valence-corrected chi connectivity index (χ1v) is 8.88. The van der Waals surface area contributed by atoms with Gasteiger partial charge in [0.25, 0.3) is 5.91 Å². The van der Waals surface area contributed by atoms with Crippen LogP contribution < -0.4 is 14.8 Å². The minimum absolute atomic E-state index is 0.229. The van der Waals surface area contributed by atoms with Crippen molar-refractivity contribution in [2.24, 2.45) is 0 Å². The van der Waals surface area contributed by atoms with Crippen molar-refractivity contribution in [3.05, 3.63) is 59.2 Å². The second-order valence-electron chi connectivity index (χ2n) is 5.84. The second kappa shape index (κ2) is 9.62. The molecule has 0 spiro atoms. The number of benzene rings is 2. The smallest absolute Gasteiger partial charge is 0.337 e. The SMILES string of the molecule is CCOc1ccc([C@@H](C)NC(=O)c2ccc(C(=O)OC)cc2)cc1OCC. The maximum Gasteiger partial charge on any atom is 0.337 e. The molecule has 0 fully saturated rings. The molecular weight excluding hydrogens is 346 g/mol. The quantitative estimate of drug-likeness (QED) is 0.715. The van der Waals surface area contributed by atoms with Gasteiger partial charge in [-0.2, -0.15) is 0 Å². The lowest BCUT2D eigenvalue weighted by atomic mass is 10.1. The van der Waals surface area contributed by atoms with E-state index in [0.29, 0.717) is 35.8 Å². The van der Waals surface area contributed by atoms with Crippen molar-refractivity contribution in [2.45, 2.75) is 26.8 Å². The maximum atomic E-state index is 12.5. The number of rotatable bonds is 8. The molecular formula is C21H25NO5. The van der Waals surface area contributed by atoms with Crippen LogP contribution in [0.25, 0.3) is 0 Å². The summed E-state index contributed by atoms with van der Waals surface area (Å²) in [4.78, 5) is 23.9. The lowest BCUT2D eigenvalue weighted by Gasteiger charge is -2.17. The number of hydrogen-bond donors (Lipinski definition) is 1. The summed E-state index contributed by atoms with van der Waals surface area (Å²) in [5.74, 6) is 0.666. The van der Waals surface area contributed by atoms with Crippen molar-refractivity contribution < 1.29 is 23.8 Å². The van der Waals surface area contributed by atoms with E-state index >= 15 is 0 Å². The van der Waals surface area contributed by atoms with Crippen molar-refractivity contribution >= 4 is 11.9 Å². The molecule has 1 atom stereocenters. The van der Waals surface area contributed by atoms with E-state index in [0.717, 1.165) is 5.56 Å². The van der Waals surface area contributed by atoms with Crippen LogP contribution >= 0.6 is 0 Å². The zero-order chi connectivity index (χ0) is 19.8. The van der Waals surface area contributed by atoms with Crippen LogP contribution in [0.15, 0.2) is 42.5 Å². The Balaban J connectivity index is 2.11. The minimum atomic E-state index is -0.437. The van der Waals surface area contributed by atoms with Gasteiger partial charge in [-0.15, -0.1) is 0 Å². The van der Waals surface area contributed by atoms with E-state index in [4.69, 9.17) is 9.47 Å². The third-order valence-corrected chi connectivity index (χ3v) is 3.98. The normalized spacial score (nSPS) is 11.4. The molecule has 2 rings (SSSR count). The van der Waals surface area contributed by atoms with Crippen LogP contribution in [0.5, 0.6) is 11.5 Å². The molecule has 6 heteroatoms. The van der Waals surface area contributed by atoms with Gasteiger partial charge in [0.05, 0.1) is 31.9 Å². The van der Waals surface area contributed by atoms with Crippen molar-refractivity contribution in [2.75, 3.05) is 20.3 Å². The van der Waals surface area contributed by atoms with Gasteiger partial charge in [0.15, 0.2) is 11.5 Å². The number of esters is 1. The monoisotopic (exact) mass is 371 g/mol. The fourth-order valence-corrected chi connectivity index (χ4v) is 2.58. The largest absolute Gasteiger partial charge is 0.490 e. The van der Waals surface area contributed by atoms with Crippen LogP contribution in [0.1, 0.15) is 53.1 Å². The third kappa shape index (κ3) is 5.23. The van der Waals surface area contributed by atoms with Crippen molar-refractivity contribution in [1.82, 2.24) is 5.32 Å². The van der Waals surface area contributed by atoms with Crippen LogP contribution in [0.3, 0.4) is 0 Å². The Hall–Kier alpha value is -3.02. The topological polar surface area (TPSA) is 73.9 Å². The van der Waals surface area contributed by atoms with Gasteiger partial charge >= 0.3 is 5.97 Å². The molecule has 6 nitrogen and oxygen atoms in total. The van der Waals surface area contributed by atoms with Crippen molar-refractivity contribution in [1.29, 1.82) is 0 Å². The molecule has 144 valence electrons. The summed E-state index contributed by atoms with van der Waals surface area (Å²) in [6.45, 7) is 6.79. The highest BCUT2D eigenvalue weighted by Crippen LogP contribution is 2.30. The van der Waals surface area contributed by atoms with Gasteiger partial charge in [0.1, 0.15) is 0 Å². The number of methoxy groups -OCH3 is 1. The van der Waals surface area contributed by atoms with E-state index in [2.05, 4.69) is 10.1 Å². The first kappa shape index (κ1) is 20.3. The highest BCUT2D eigenvalue weighted by atomic mass is 16.5. The average Bonchev–Trinajstić information content (AvgIpc) is 2.69. The number of nitrogens with one attached hydrogen (secondary N) is 1. The molecule has 0 aromatic heterocycles. The van der Waals surface area contributed by atoms with E-state index in [-0.39, 0.29) is 11.9 Å². The first-order valence-electron chi connectivity index (χ1n) is 8.88. The third-order valence-electron chi connectivity index (χ3n) is 3.98. The lowest BCUT2D eigenvalue weighted by molar-refractivity contribution is 0.0600. The molecule has 0 aliphatic heterocycles. The number of carbonyl (C=O) groups is 2. The fraction of sp³-hybridized carbons (Fsp3) is 0.333. The molecule has 0 heterocycles. The molecule has 0 unspecified atom stereocenters. The fourth-order valence-electron chi connectivity index (χ4n) is 2.58. The summed E-state index contributed by atoms with van der Waals surface area (Å²) in [7, 11) is 1.32. The van der Waals surface area contributed by atoms with Gasteiger partial charge in [-0.3, -0.25) is 4.79 Å².